The van der Waals surface area contributed by atoms with Gasteiger partial charge in [-0.05, 0) is 76.5 Å². The van der Waals surface area contributed by atoms with Crippen LogP contribution >= 0.6 is 15.9 Å². The molecule has 2 amide bonds. The Bertz CT molecular complexity index is 1480. The number of carbonyl (C=O) groups is 4. The number of phenolic OH excluding ortho intramolecular Hbond substituents is 1. The molecule has 1 N–H and O–H groups in total. The monoisotopic (exact) mass is 557 g/mol. The van der Waals surface area contributed by atoms with Crippen LogP contribution in [0.15, 0.2) is 81.9 Å². The summed E-state index contributed by atoms with van der Waals surface area (Å²) in [6.45, 7) is 2.04. The number of phenols is 1. The SMILES string of the molecule is CCc1ccc(N2C(=O)[C@H]3[C@H](CC=C4[C@H](c5cccc(O)c5)C5=C(C[C@H]43)C(=O)C(Br)=CC5=O)C2=O)cc1. The van der Waals surface area contributed by atoms with E-state index in [2.05, 4.69) is 15.9 Å². The lowest BCUT2D eigenvalue weighted by molar-refractivity contribution is -0.123. The third kappa shape index (κ3) is 3.59. The lowest BCUT2D eigenvalue weighted by atomic mass is 9.59. The number of ketones is 2. The molecule has 0 saturated carbocycles. The van der Waals surface area contributed by atoms with E-state index in [4.69, 9.17) is 0 Å². The number of imide groups is 1. The van der Waals surface area contributed by atoms with Gasteiger partial charge in [-0.3, -0.25) is 24.1 Å². The maximum Gasteiger partial charge on any atom is 0.238 e. The Morgan fingerprint density at radius 1 is 1.00 bits per heavy atom. The summed E-state index contributed by atoms with van der Waals surface area (Å²) in [6.07, 6.45) is 4.73. The van der Waals surface area contributed by atoms with Crippen molar-refractivity contribution >= 4 is 45.0 Å². The molecule has 1 fully saturated rings. The first-order valence-electron chi connectivity index (χ1n) is 12.4. The maximum absolute atomic E-state index is 13.9. The number of carbonyl (C=O) groups excluding carboxylic acids is 4. The highest BCUT2D eigenvalue weighted by Gasteiger charge is 2.56. The summed E-state index contributed by atoms with van der Waals surface area (Å²) in [5, 5.41) is 10.2. The first-order valence-corrected chi connectivity index (χ1v) is 13.2. The highest BCUT2D eigenvalue weighted by molar-refractivity contribution is 9.12. The number of anilines is 1. The van der Waals surface area contributed by atoms with Crippen molar-refractivity contribution in [2.45, 2.75) is 32.1 Å². The van der Waals surface area contributed by atoms with Gasteiger partial charge in [0, 0.05) is 23.1 Å². The van der Waals surface area contributed by atoms with Crippen molar-refractivity contribution in [2.24, 2.45) is 17.8 Å². The van der Waals surface area contributed by atoms with Crippen LogP contribution in [0.4, 0.5) is 5.69 Å². The molecule has 3 aliphatic carbocycles. The van der Waals surface area contributed by atoms with E-state index in [1.807, 2.05) is 43.3 Å². The van der Waals surface area contributed by atoms with Gasteiger partial charge >= 0.3 is 0 Å². The standard InChI is InChI=1S/C30H24BrNO5/c1-2-15-6-8-17(9-7-15)32-29(36)20-11-10-19-21(26(20)30(32)37)13-22-27(24(34)14-23(31)28(22)35)25(19)16-4-3-5-18(33)12-16/h3-10,12,14,20-21,25-26,33H,2,11,13H2,1H3/t20-,21+,25-,26-/m0/s1. The second kappa shape index (κ2) is 8.77. The van der Waals surface area contributed by atoms with E-state index < -0.39 is 23.7 Å². The number of halogens is 1. The lowest BCUT2D eigenvalue weighted by Crippen LogP contribution is -2.39. The second-order valence-electron chi connectivity index (χ2n) is 10.0. The molecule has 7 heteroatoms. The van der Waals surface area contributed by atoms with Crippen LogP contribution in [0.1, 0.15) is 36.8 Å². The number of aromatic hydroxyl groups is 1. The normalized spacial score (nSPS) is 27.0. The van der Waals surface area contributed by atoms with Crippen molar-refractivity contribution in [2.75, 3.05) is 4.90 Å². The number of rotatable bonds is 3. The van der Waals surface area contributed by atoms with Gasteiger partial charge in [0.15, 0.2) is 11.6 Å². The van der Waals surface area contributed by atoms with Crippen molar-refractivity contribution in [3.05, 3.63) is 93.0 Å². The minimum absolute atomic E-state index is 0.0520. The minimum atomic E-state index is -0.625. The number of benzene rings is 2. The summed E-state index contributed by atoms with van der Waals surface area (Å²) >= 11 is 3.23. The number of hydrogen-bond donors (Lipinski definition) is 1. The van der Waals surface area contributed by atoms with Gasteiger partial charge in [-0.2, -0.15) is 0 Å². The van der Waals surface area contributed by atoms with E-state index >= 15 is 0 Å². The Balaban J connectivity index is 1.46. The zero-order chi connectivity index (χ0) is 26.0. The Hall–Kier alpha value is -3.58. The van der Waals surface area contributed by atoms with Crippen molar-refractivity contribution in [1.29, 1.82) is 0 Å². The summed E-state index contributed by atoms with van der Waals surface area (Å²) in [4.78, 5) is 55.2. The zero-order valence-corrected chi connectivity index (χ0v) is 21.7. The van der Waals surface area contributed by atoms with Gasteiger partial charge in [0.05, 0.1) is 22.0 Å². The molecule has 1 saturated heterocycles. The van der Waals surface area contributed by atoms with Gasteiger partial charge in [0.1, 0.15) is 5.75 Å². The van der Waals surface area contributed by atoms with Crippen molar-refractivity contribution in [3.63, 3.8) is 0 Å². The molecule has 0 radical (unpaired) electrons. The van der Waals surface area contributed by atoms with E-state index in [0.717, 1.165) is 17.6 Å². The van der Waals surface area contributed by atoms with Crippen LogP contribution in [0.5, 0.6) is 5.75 Å². The predicted octanol–water partition coefficient (Wildman–Crippen LogP) is 4.92. The van der Waals surface area contributed by atoms with Gasteiger partial charge in [-0.1, -0.05) is 42.8 Å². The van der Waals surface area contributed by atoms with Gasteiger partial charge in [-0.15, -0.1) is 0 Å². The summed E-state index contributed by atoms with van der Waals surface area (Å²) in [5.41, 5.74) is 3.98. The molecule has 37 heavy (non-hydrogen) atoms. The van der Waals surface area contributed by atoms with Crippen LogP contribution in [-0.2, 0) is 25.6 Å². The van der Waals surface area contributed by atoms with E-state index in [1.54, 1.807) is 18.2 Å². The molecular formula is C30H24BrNO5. The van der Waals surface area contributed by atoms with Crippen molar-refractivity contribution < 1.29 is 24.3 Å². The highest BCUT2D eigenvalue weighted by atomic mass is 79.9. The molecule has 6 nitrogen and oxygen atoms in total. The zero-order valence-electron chi connectivity index (χ0n) is 20.1. The average Bonchev–Trinajstić information content (AvgIpc) is 3.16. The highest BCUT2D eigenvalue weighted by Crippen LogP contribution is 2.55. The lowest BCUT2D eigenvalue weighted by Gasteiger charge is -2.42. The number of amides is 2. The Morgan fingerprint density at radius 2 is 1.76 bits per heavy atom. The first kappa shape index (κ1) is 23.8. The van der Waals surface area contributed by atoms with Gasteiger partial charge < -0.3 is 5.11 Å². The second-order valence-corrected chi connectivity index (χ2v) is 10.9. The van der Waals surface area contributed by atoms with Crippen LogP contribution in [0.2, 0.25) is 0 Å². The quantitative estimate of drug-likeness (QED) is 0.328. The van der Waals surface area contributed by atoms with Crippen LogP contribution in [-0.4, -0.2) is 28.5 Å². The molecule has 1 heterocycles. The summed E-state index contributed by atoms with van der Waals surface area (Å²) in [7, 11) is 0. The Labute approximate surface area is 222 Å². The molecule has 0 unspecified atom stereocenters. The van der Waals surface area contributed by atoms with Gasteiger partial charge in [-0.25, -0.2) is 0 Å². The summed E-state index contributed by atoms with van der Waals surface area (Å²) in [6, 6.07) is 14.1. The molecule has 186 valence electrons. The van der Waals surface area contributed by atoms with E-state index in [-0.39, 0.29) is 40.0 Å². The van der Waals surface area contributed by atoms with Crippen LogP contribution in [0.25, 0.3) is 0 Å². The Morgan fingerprint density at radius 3 is 2.46 bits per heavy atom. The predicted molar refractivity (Wildman–Crippen MR) is 141 cm³/mol. The van der Waals surface area contributed by atoms with Crippen LogP contribution in [0.3, 0.4) is 0 Å². The summed E-state index contributed by atoms with van der Waals surface area (Å²) < 4.78 is 0.192. The third-order valence-corrected chi connectivity index (χ3v) is 8.73. The van der Waals surface area contributed by atoms with Crippen molar-refractivity contribution in [1.82, 2.24) is 0 Å². The van der Waals surface area contributed by atoms with E-state index in [1.165, 1.54) is 11.0 Å². The molecule has 0 bridgehead atoms. The molecular weight excluding hydrogens is 534 g/mol. The first-order chi connectivity index (χ1) is 17.8. The fourth-order valence-corrected chi connectivity index (χ4v) is 6.87. The van der Waals surface area contributed by atoms with Crippen LogP contribution in [0, 0.1) is 17.8 Å². The Kier molecular flexibility index (Phi) is 5.64. The third-order valence-electron chi connectivity index (χ3n) is 8.14. The van der Waals surface area contributed by atoms with Gasteiger partial charge in [0.2, 0.25) is 11.8 Å². The summed E-state index contributed by atoms with van der Waals surface area (Å²) in [5.74, 6) is -3.10. The number of hydrogen-bond acceptors (Lipinski definition) is 5. The molecule has 4 atom stereocenters. The molecule has 1 aliphatic heterocycles. The minimum Gasteiger partial charge on any atom is -0.508 e. The van der Waals surface area contributed by atoms with Gasteiger partial charge in [0.25, 0.3) is 0 Å². The molecule has 0 spiro atoms. The van der Waals surface area contributed by atoms with Crippen molar-refractivity contribution in [3.8, 4) is 5.75 Å². The molecule has 2 aromatic carbocycles. The fourth-order valence-electron chi connectivity index (χ4n) is 6.43. The van der Waals surface area contributed by atoms with E-state index in [0.29, 0.717) is 28.8 Å². The smallest absolute Gasteiger partial charge is 0.238 e. The largest absolute Gasteiger partial charge is 0.508 e. The van der Waals surface area contributed by atoms with Crippen LogP contribution < -0.4 is 4.90 Å². The number of allylic oxidation sites excluding steroid dienone is 6. The average molecular weight is 558 g/mol. The molecule has 2 aromatic rings. The topological polar surface area (TPSA) is 91.8 Å². The molecule has 4 aliphatic rings. The molecule has 0 aromatic heterocycles. The number of Topliss-reactive ketones (excluding diaryl/α,β-unsaturated/α-hetero) is 1. The van der Waals surface area contributed by atoms with E-state index in [9.17, 15) is 24.3 Å². The number of nitrogens with zero attached hydrogens (tertiary/aromatic N) is 1. The number of fused-ring (bicyclic) bond motifs is 3. The number of aryl methyl sites for hydroxylation is 1. The maximum atomic E-state index is 13.9. The molecule has 6 rings (SSSR count). The fraction of sp³-hybridized carbons (Fsp3) is 0.267.